The molecule has 0 N–H and O–H groups in total. The van der Waals surface area contributed by atoms with Crippen molar-refractivity contribution in [2.75, 3.05) is 7.11 Å². The number of methoxy groups -OCH3 is 1. The molecule has 0 aliphatic heterocycles. The van der Waals surface area contributed by atoms with Crippen LogP contribution in [0.3, 0.4) is 0 Å². The third-order valence-electron chi connectivity index (χ3n) is 2.39. The zero-order valence-electron chi connectivity index (χ0n) is 9.44. The molecule has 0 saturated carbocycles. The summed E-state index contributed by atoms with van der Waals surface area (Å²) in [4.78, 5) is 16.1. The van der Waals surface area contributed by atoms with Crippen molar-refractivity contribution in [1.29, 1.82) is 0 Å². The summed E-state index contributed by atoms with van der Waals surface area (Å²) < 4.78 is 4.72. The van der Waals surface area contributed by atoms with Crippen LogP contribution < -0.4 is 0 Å². The van der Waals surface area contributed by atoms with Crippen LogP contribution in [0.15, 0.2) is 23.6 Å². The highest BCUT2D eigenvalue weighted by Crippen LogP contribution is 2.24. The van der Waals surface area contributed by atoms with Crippen LogP contribution in [0.2, 0.25) is 10.3 Å². The minimum absolute atomic E-state index is 0.335. The van der Waals surface area contributed by atoms with Crippen molar-refractivity contribution in [2.24, 2.45) is 0 Å². The van der Waals surface area contributed by atoms with Crippen LogP contribution in [-0.4, -0.2) is 18.1 Å². The Hall–Kier alpha value is -1.10. The number of ether oxygens (including phenoxy) is 1. The van der Waals surface area contributed by atoms with Gasteiger partial charge in [0, 0.05) is 6.42 Å². The molecule has 2 aromatic rings. The van der Waals surface area contributed by atoms with Gasteiger partial charge in [0.2, 0.25) is 0 Å². The van der Waals surface area contributed by atoms with Gasteiger partial charge in [-0.05, 0) is 28.6 Å². The minimum Gasteiger partial charge on any atom is -0.465 e. The molecule has 94 valence electrons. The number of rotatable bonds is 3. The maximum absolute atomic E-state index is 11.5. The average molecular weight is 302 g/mol. The van der Waals surface area contributed by atoms with Crippen molar-refractivity contribution in [1.82, 2.24) is 4.98 Å². The molecule has 0 atom stereocenters. The highest BCUT2D eigenvalue weighted by atomic mass is 35.5. The lowest BCUT2D eigenvalue weighted by Crippen LogP contribution is -2.02. The molecular weight excluding hydrogens is 293 g/mol. The first-order valence-electron chi connectivity index (χ1n) is 5.07. The third kappa shape index (κ3) is 2.83. The molecule has 0 saturated heterocycles. The number of halogens is 2. The summed E-state index contributed by atoms with van der Waals surface area (Å²) >= 11 is 13.1. The number of carbonyl (C=O) groups excluding carboxylic acids is 1. The first kappa shape index (κ1) is 13.3. The monoisotopic (exact) mass is 301 g/mol. The Bertz CT molecular complexity index is 583. The largest absolute Gasteiger partial charge is 0.465 e. The molecule has 0 spiro atoms. The SMILES string of the molecule is COC(=O)c1sccc1Cc1ccc(Cl)nc1Cl. The fourth-order valence-electron chi connectivity index (χ4n) is 1.52. The Kier molecular flexibility index (Phi) is 4.22. The molecule has 0 aliphatic carbocycles. The summed E-state index contributed by atoms with van der Waals surface area (Å²) in [5.74, 6) is -0.335. The first-order chi connectivity index (χ1) is 8.61. The van der Waals surface area contributed by atoms with Crippen molar-refractivity contribution < 1.29 is 9.53 Å². The van der Waals surface area contributed by atoms with E-state index in [9.17, 15) is 4.79 Å². The molecule has 6 heteroatoms. The van der Waals surface area contributed by atoms with Gasteiger partial charge in [-0.25, -0.2) is 9.78 Å². The lowest BCUT2D eigenvalue weighted by Gasteiger charge is -2.04. The number of aromatic nitrogens is 1. The van der Waals surface area contributed by atoms with Crippen LogP contribution in [0.4, 0.5) is 0 Å². The summed E-state index contributed by atoms with van der Waals surface area (Å²) in [6.45, 7) is 0. The van der Waals surface area contributed by atoms with Gasteiger partial charge in [0.25, 0.3) is 0 Å². The molecule has 2 rings (SSSR count). The molecule has 18 heavy (non-hydrogen) atoms. The highest BCUT2D eigenvalue weighted by Gasteiger charge is 2.15. The molecule has 0 amide bonds. The Labute approximate surface area is 118 Å². The molecule has 0 unspecified atom stereocenters. The smallest absolute Gasteiger partial charge is 0.348 e. The van der Waals surface area contributed by atoms with E-state index in [1.807, 2.05) is 11.4 Å². The van der Waals surface area contributed by atoms with Gasteiger partial charge in [0.05, 0.1) is 7.11 Å². The van der Waals surface area contributed by atoms with E-state index in [1.54, 1.807) is 12.1 Å². The number of carbonyl (C=O) groups is 1. The van der Waals surface area contributed by atoms with Gasteiger partial charge in [-0.2, -0.15) is 0 Å². The van der Waals surface area contributed by atoms with Crippen LogP contribution in [0.25, 0.3) is 0 Å². The highest BCUT2D eigenvalue weighted by molar-refractivity contribution is 7.12. The van der Waals surface area contributed by atoms with Gasteiger partial charge in [0.1, 0.15) is 15.2 Å². The Morgan fingerprint density at radius 3 is 2.78 bits per heavy atom. The lowest BCUT2D eigenvalue weighted by molar-refractivity contribution is 0.0605. The van der Waals surface area contributed by atoms with Crippen LogP contribution in [0.5, 0.6) is 0 Å². The van der Waals surface area contributed by atoms with Crippen molar-refractivity contribution in [3.63, 3.8) is 0 Å². The van der Waals surface area contributed by atoms with Crippen LogP contribution in [-0.2, 0) is 11.2 Å². The zero-order chi connectivity index (χ0) is 13.1. The van der Waals surface area contributed by atoms with E-state index in [0.717, 1.165) is 11.1 Å². The zero-order valence-corrected chi connectivity index (χ0v) is 11.8. The van der Waals surface area contributed by atoms with Gasteiger partial charge >= 0.3 is 5.97 Å². The standard InChI is InChI=1S/C12H9Cl2NO2S/c1-17-12(16)10-7(4-5-18-10)6-8-2-3-9(13)15-11(8)14/h2-5H,6H2,1H3. The van der Waals surface area contributed by atoms with Crippen LogP contribution >= 0.6 is 34.5 Å². The first-order valence-corrected chi connectivity index (χ1v) is 6.71. The molecule has 0 fully saturated rings. The number of nitrogens with zero attached hydrogens (tertiary/aromatic N) is 1. The lowest BCUT2D eigenvalue weighted by atomic mass is 10.1. The van der Waals surface area contributed by atoms with Crippen molar-refractivity contribution in [3.05, 3.63) is 49.9 Å². The van der Waals surface area contributed by atoms with Crippen molar-refractivity contribution in [3.8, 4) is 0 Å². The Morgan fingerprint density at radius 1 is 1.33 bits per heavy atom. The average Bonchev–Trinajstić information content (AvgIpc) is 2.80. The predicted octanol–water partition coefficient (Wildman–Crippen LogP) is 3.83. The fourth-order valence-corrected chi connectivity index (χ4v) is 2.78. The Balaban J connectivity index is 2.29. The van der Waals surface area contributed by atoms with Gasteiger partial charge in [-0.3, -0.25) is 0 Å². The molecule has 0 bridgehead atoms. The minimum atomic E-state index is -0.335. The molecular formula is C12H9Cl2NO2S. The quantitative estimate of drug-likeness (QED) is 0.639. The summed E-state index contributed by atoms with van der Waals surface area (Å²) in [5, 5.41) is 2.55. The molecule has 0 aliphatic rings. The number of thiophene rings is 1. The second-order valence-corrected chi connectivity index (χ2v) is 5.19. The second-order valence-electron chi connectivity index (χ2n) is 3.53. The van der Waals surface area contributed by atoms with E-state index in [2.05, 4.69) is 4.98 Å². The van der Waals surface area contributed by atoms with E-state index in [4.69, 9.17) is 27.9 Å². The van der Waals surface area contributed by atoms with E-state index in [1.165, 1.54) is 18.4 Å². The maximum Gasteiger partial charge on any atom is 0.348 e. The normalized spacial score (nSPS) is 10.4. The second kappa shape index (κ2) is 5.69. The topological polar surface area (TPSA) is 39.2 Å². The maximum atomic E-state index is 11.5. The number of esters is 1. The molecule has 3 nitrogen and oxygen atoms in total. The van der Waals surface area contributed by atoms with E-state index in [0.29, 0.717) is 21.6 Å². The molecule has 2 heterocycles. The van der Waals surface area contributed by atoms with E-state index in [-0.39, 0.29) is 5.97 Å². The third-order valence-corrected chi connectivity index (χ3v) is 3.86. The predicted molar refractivity (Wildman–Crippen MR) is 72.7 cm³/mol. The van der Waals surface area contributed by atoms with Gasteiger partial charge < -0.3 is 4.74 Å². The summed E-state index contributed by atoms with van der Waals surface area (Å²) in [6.07, 6.45) is 0.525. The summed E-state index contributed by atoms with van der Waals surface area (Å²) in [7, 11) is 1.36. The van der Waals surface area contributed by atoms with Crippen LogP contribution in [0, 0.1) is 0 Å². The van der Waals surface area contributed by atoms with Gasteiger partial charge in [-0.1, -0.05) is 29.3 Å². The fraction of sp³-hybridized carbons (Fsp3) is 0.167. The molecule has 0 radical (unpaired) electrons. The summed E-state index contributed by atoms with van der Waals surface area (Å²) in [6, 6.07) is 5.35. The van der Waals surface area contributed by atoms with Gasteiger partial charge in [0.15, 0.2) is 0 Å². The van der Waals surface area contributed by atoms with Crippen molar-refractivity contribution in [2.45, 2.75) is 6.42 Å². The summed E-state index contributed by atoms with van der Waals surface area (Å²) in [5.41, 5.74) is 1.70. The van der Waals surface area contributed by atoms with Crippen LogP contribution in [0.1, 0.15) is 20.8 Å². The number of hydrogen-bond donors (Lipinski definition) is 0. The Morgan fingerprint density at radius 2 is 2.11 bits per heavy atom. The van der Waals surface area contributed by atoms with Crippen molar-refractivity contribution >= 4 is 40.5 Å². The molecule has 2 aromatic heterocycles. The van der Waals surface area contributed by atoms with E-state index >= 15 is 0 Å². The number of pyridine rings is 1. The molecule has 0 aromatic carbocycles. The number of hydrogen-bond acceptors (Lipinski definition) is 4. The van der Waals surface area contributed by atoms with Gasteiger partial charge in [-0.15, -0.1) is 11.3 Å². The van der Waals surface area contributed by atoms with E-state index < -0.39 is 0 Å².